The Hall–Kier alpha value is -2.73. The first kappa shape index (κ1) is 30.3. The van der Waals surface area contributed by atoms with Gasteiger partial charge in [0, 0.05) is 17.7 Å². The van der Waals surface area contributed by atoms with Crippen LogP contribution in [0.5, 0.6) is 5.75 Å². The van der Waals surface area contributed by atoms with Crippen LogP contribution in [-0.4, -0.2) is 47.6 Å². The van der Waals surface area contributed by atoms with Crippen LogP contribution in [0.1, 0.15) is 25.0 Å². The first-order chi connectivity index (χ1) is 16.2. The van der Waals surface area contributed by atoms with Crippen LogP contribution in [0.2, 0.25) is 0 Å². The Kier molecular flexibility index (Phi) is 13.2. The molecule has 0 atom stereocenters. The predicted molar refractivity (Wildman–Crippen MR) is 134 cm³/mol. The van der Waals surface area contributed by atoms with Gasteiger partial charge in [-0.1, -0.05) is 30.3 Å². The minimum absolute atomic E-state index is 0. The quantitative estimate of drug-likeness (QED) is 0.157. The first-order valence-corrected chi connectivity index (χ1v) is 11.0. The third-order valence-corrected chi connectivity index (χ3v) is 4.41. The fourth-order valence-electron chi connectivity index (χ4n) is 2.54. The number of rotatable bonds is 9. The zero-order valence-electron chi connectivity index (χ0n) is 18.8. The van der Waals surface area contributed by atoms with Crippen LogP contribution in [0.4, 0.5) is 13.2 Å². The Bertz CT molecular complexity index is 1050. The molecule has 13 heteroatoms. The van der Waals surface area contributed by atoms with E-state index in [1.165, 1.54) is 0 Å². The van der Waals surface area contributed by atoms with Gasteiger partial charge >= 0.3 is 23.2 Å². The van der Waals surface area contributed by atoms with Crippen molar-refractivity contribution in [1.29, 1.82) is 0 Å². The summed E-state index contributed by atoms with van der Waals surface area (Å²) < 4.78 is 43.0. The van der Waals surface area contributed by atoms with Crippen molar-refractivity contribution in [3.05, 3.63) is 65.7 Å². The van der Waals surface area contributed by atoms with Crippen LogP contribution < -0.4 is 15.4 Å². The van der Waals surface area contributed by atoms with Gasteiger partial charge in [-0.3, -0.25) is 0 Å². The van der Waals surface area contributed by atoms with E-state index in [1.54, 1.807) is 48.5 Å². The zero-order valence-corrected chi connectivity index (χ0v) is 21.3. The Balaban J connectivity index is 0.00000612. The van der Waals surface area contributed by atoms with E-state index in [4.69, 9.17) is 30.0 Å². The molecule has 1 radical (unpaired) electrons. The summed E-state index contributed by atoms with van der Waals surface area (Å²) in [5.41, 5.74) is 1.74. The predicted octanol–water partition coefficient (Wildman–Crippen LogP) is 3.76. The summed E-state index contributed by atoms with van der Waals surface area (Å²) in [7, 11) is 0. The molecular weight excluding hydrogens is 549 g/mol. The van der Waals surface area contributed by atoms with Crippen LogP contribution >= 0.6 is 0 Å². The number of halogens is 3. The Morgan fingerprint density at radius 1 is 0.800 bits per heavy atom. The molecule has 7 nitrogen and oxygen atoms in total. The van der Waals surface area contributed by atoms with Crippen molar-refractivity contribution in [3.63, 3.8) is 0 Å². The minimum Gasteiger partial charge on any atom is -0.741 e. The van der Waals surface area contributed by atoms with E-state index in [9.17, 15) is 13.2 Å². The van der Waals surface area contributed by atoms with Crippen LogP contribution in [0.15, 0.2) is 75.0 Å². The molecule has 2 aromatic rings. The number of nitrogens with zero attached hydrogens (tertiary/aromatic N) is 4. The molecule has 2 aromatic carbocycles. The number of hydrogen-bond acceptors (Lipinski definition) is 7. The van der Waals surface area contributed by atoms with Gasteiger partial charge in [-0.2, -0.15) is 23.4 Å². The normalized spacial score (nSPS) is 13.2. The second kappa shape index (κ2) is 15.3. The second-order valence-electron chi connectivity index (χ2n) is 6.53. The monoisotopic (exact) mass is 571 g/mol. The molecule has 0 saturated heterocycles. The van der Waals surface area contributed by atoms with E-state index in [-0.39, 0.29) is 33.7 Å². The molecule has 0 fully saturated rings. The van der Waals surface area contributed by atoms with Crippen molar-refractivity contribution in [1.82, 2.24) is 10.6 Å². The molecule has 0 amide bonds. The smallest absolute Gasteiger partial charge is 0.741 e. The summed E-state index contributed by atoms with van der Waals surface area (Å²) in [5.74, 6) is 0.658. The van der Waals surface area contributed by atoms with E-state index in [0.29, 0.717) is 30.0 Å². The van der Waals surface area contributed by atoms with Crippen LogP contribution in [-0.2, 0) is 42.3 Å². The summed E-state index contributed by atoms with van der Waals surface area (Å²) in [6.45, 7) is 3.48. The summed E-state index contributed by atoms with van der Waals surface area (Å²) in [4.78, 5) is 0. The average molecular weight is 572 g/mol. The van der Waals surface area contributed by atoms with Gasteiger partial charge in [0.2, 0.25) is 0 Å². The maximum atomic E-state index is 12.5. The number of ether oxygens (including phenoxy) is 1. The fraction of sp³-hybridized carbons (Fsp3) is 0.273. The molecule has 0 unspecified atom stereocenters. The Morgan fingerprint density at radius 2 is 1.31 bits per heavy atom. The van der Waals surface area contributed by atoms with Gasteiger partial charge in [-0.05, 0) is 48.4 Å². The molecule has 0 aromatic heterocycles. The van der Waals surface area contributed by atoms with Crippen molar-refractivity contribution in [3.8, 4) is 5.75 Å². The molecule has 0 heterocycles. The average Bonchev–Trinajstić information content (AvgIpc) is 2.81. The second-order valence-corrected chi connectivity index (χ2v) is 7.30. The fourth-order valence-corrected chi connectivity index (χ4v) is 2.84. The number of amidine groups is 2. The third-order valence-electron chi connectivity index (χ3n) is 3.96. The molecule has 0 saturated carbocycles. The number of hydrogen-bond donors (Lipinski definition) is 2. The molecular formula is C22H23CuF3N6OS2. The largest absolute Gasteiger partial charge is 2.00 e. The molecule has 191 valence electrons. The van der Waals surface area contributed by atoms with Gasteiger partial charge in [-0.15, -0.1) is 10.2 Å². The number of alkyl halides is 3. The maximum absolute atomic E-state index is 12.5. The van der Waals surface area contributed by atoms with Crippen molar-refractivity contribution < 1.29 is 35.0 Å². The van der Waals surface area contributed by atoms with E-state index in [1.807, 2.05) is 25.2 Å². The Morgan fingerprint density at radius 3 is 1.80 bits per heavy atom. The zero-order chi connectivity index (χ0) is 25.0. The van der Waals surface area contributed by atoms with Gasteiger partial charge in [0.05, 0.1) is 6.61 Å². The molecule has 0 bridgehead atoms. The number of nitrogens with one attached hydrogen (secondary N) is 2. The van der Waals surface area contributed by atoms with Crippen molar-refractivity contribution in [2.45, 2.75) is 20.0 Å². The summed E-state index contributed by atoms with van der Waals surface area (Å²) in [6.07, 6.45) is -4.44. The van der Waals surface area contributed by atoms with E-state index in [0.717, 1.165) is 0 Å². The Labute approximate surface area is 223 Å². The topological polar surface area (TPSA) is 82.7 Å². The molecule has 2 N–H and O–H groups in total. The van der Waals surface area contributed by atoms with Crippen LogP contribution in [0.3, 0.4) is 0 Å². The van der Waals surface area contributed by atoms with E-state index < -0.39 is 17.9 Å². The summed E-state index contributed by atoms with van der Waals surface area (Å²) in [6, 6.07) is 15.9. The van der Waals surface area contributed by atoms with Gasteiger partial charge in [-0.25, -0.2) is 0 Å². The van der Waals surface area contributed by atoms with Gasteiger partial charge in [0.15, 0.2) is 0 Å². The number of benzene rings is 2. The van der Waals surface area contributed by atoms with Crippen molar-refractivity contribution in [2.24, 2.45) is 20.4 Å². The van der Waals surface area contributed by atoms with Gasteiger partial charge < -0.3 is 40.6 Å². The molecule has 35 heavy (non-hydrogen) atoms. The maximum Gasteiger partial charge on any atom is 2.00 e. The third kappa shape index (κ3) is 11.0. The standard InChI is InChI=1S/C22H25F3N6OS2.Cu/c1-3-26-20(33)30-29-19(16-10-12-17(13-11-16)32-4-2)18(15-8-6-5-7-9-15)28-31-21(34)27-14-22(23,24)25;/h5-13H,3-4,14H2,1-2H3,(H2,26,30,33)(H2,27,31,34);/q;+2/p-2. The molecule has 2 rings (SSSR count). The molecule has 0 aliphatic rings. The van der Waals surface area contributed by atoms with E-state index >= 15 is 0 Å². The molecule has 0 aliphatic carbocycles. The van der Waals surface area contributed by atoms with Crippen LogP contribution in [0.25, 0.3) is 0 Å². The van der Waals surface area contributed by atoms with Crippen molar-refractivity contribution >= 4 is 47.0 Å². The van der Waals surface area contributed by atoms with E-state index in [2.05, 4.69) is 25.7 Å². The van der Waals surface area contributed by atoms with Gasteiger partial charge in [0.25, 0.3) is 0 Å². The minimum atomic E-state index is -4.44. The van der Waals surface area contributed by atoms with Gasteiger partial charge in [0.1, 0.15) is 23.7 Å². The molecule has 0 aliphatic heterocycles. The summed E-state index contributed by atoms with van der Waals surface area (Å²) in [5, 5.41) is 20.9. The SMILES string of the molecule is CCNC([S-])=NN=C(C(=NN=C([S-])NCC(F)(F)F)c1ccccc1)c1ccc(OCC)cc1.[Cu+2]. The summed E-state index contributed by atoms with van der Waals surface area (Å²) >= 11 is 10.0. The first-order valence-electron chi connectivity index (χ1n) is 10.2. The van der Waals surface area contributed by atoms with Crippen LogP contribution in [0, 0.1) is 0 Å². The van der Waals surface area contributed by atoms with Crippen molar-refractivity contribution in [2.75, 3.05) is 19.7 Å². The molecule has 0 spiro atoms.